The molecule has 3 heterocycles. The van der Waals surface area contributed by atoms with E-state index in [4.69, 9.17) is 15.7 Å². The third-order valence-electron chi connectivity index (χ3n) is 3.07. The SMILES string of the molecule is NC(=NO)c1cc2ncn(CC3CCO3)c2cn1. The first-order valence-corrected chi connectivity index (χ1v) is 5.68. The molecule has 3 rings (SSSR count). The number of hydrogen-bond donors (Lipinski definition) is 2. The Morgan fingerprint density at radius 1 is 1.61 bits per heavy atom. The van der Waals surface area contributed by atoms with Crippen LogP contribution in [0.4, 0.5) is 0 Å². The summed E-state index contributed by atoms with van der Waals surface area (Å²) in [5.74, 6) is -0.0197. The van der Waals surface area contributed by atoms with Crippen LogP contribution in [-0.4, -0.2) is 38.3 Å². The number of aromatic nitrogens is 3. The summed E-state index contributed by atoms with van der Waals surface area (Å²) < 4.78 is 7.39. The van der Waals surface area contributed by atoms with Gasteiger partial charge in [0.1, 0.15) is 5.69 Å². The zero-order valence-corrected chi connectivity index (χ0v) is 9.65. The van der Waals surface area contributed by atoms with Crippen molar-refractivity contribution in [3.8, 4) is 0 Å². The van der Waals surface area contributed by atoms with E-state index in [1.54, 1.807) is 18.6 Å². The number of nitrogens with zero attached hydrogens (tertiary/aromatic N) is 4. The Morgan fingerprint density at radius 3 is 3.11 bits per heavy atom. The smallest absolute Gasteiger partial charge is 0.188 e. The van der Waals surface area contributed by atoms with Gasteiger partial charge in [-0.05, 0) is 12.5 Å². The van der Waals surface area contributed by atoms with E-state index in [0.29, 0.717) is 5.69 Å². The molecule has 0 aromatic carbocycles. The maximum atomic E-state index is 8.60. The first kappa shape index (κ1) is 11.0. The number of ether oxygens (including phenoxy) is 1. The number of imidazole rings is 1. The molecule has 0 aliphatic carbocycles. The maximum absolute atomic E-state index is 8.60. The van der Waals surface area contributed by atoms with Crippen molar-refractivity contribution in [2.45, 2.75) is 19.1 Å². The first-order chi connectivity index (χ1) is 8.78. The Hall–Kier alpha value is -2.15. The molecule has 1 aliphatic heterocycles. The van der Waals surface area contributed by atoms with Gasteiger partial charge in [0, 0.05) is 6.61 Å². The molecule has 0 radical (unpaired) electrons. The van der Waals surface area contributed by atoms with Crippen molar-refractivity contribution >= 4 is 16.9 Å². The second-order valence-corrected chi connectivity index (χ2v) is 4.22. The fourth-order valence-corrected chi connectivity index (χ4v) is 1.94. The van der Waals surface area contributed by atoms with Gasteiger partial charge in [-0.3, -0.25) is 4.98 Å². The molecule has 2 aromatic rings. The highest BCUT2D eigenvalue weighted by atomic mass is 16.5. The Bertz CT molecular complexity index is 602. The molecule has 1 saturated heterocycles. The largest absolute Gasteiger partial charge is 0.409 e. The second-order valence-electron chi connectivity index (χ2n) is 4.22. The molecular formula is C11H13N5O2. The predicted molar refractivity (Wildman–Crippen MR) is 64.4 cm³/mol. The Kier molecular flexibility index (Phi) is 2.60. The fourth-order valence-electron chi connectivity index (χ4n) is 1.94. The van der Waals surface area contributed by atoms with Crippen LogP contribution in [0.3, 0.4) is 0 Å². The Labute approximate surface area is 103 Å². The van der Waals surface area contributed by atoms with Crippen LogP contribution in [0.5, 0.6) is 0 Å². The molecule has 0 amide bonds. The normalized spacial score (nSPS) is 20.0. The van der Waals surface area contributed by atoms with Gasteiger partial charge >= 0.3 is 0 Å². The van der Waals surface area contributed by atoms with Gasteiger partial charge in [0.25, 0.3) is 0 Å². The molecule has 0 saturated carbocycles. The first-order valence-electron chi connectivity index (χ1n) is 5.68. The summed E-state index contributed by atoms with van der Waals surface area (Å²) in [6, 6.07) is 1.70. The molecule has 7 nitrogen and oxygen atoms in total. The van der Waals surface area contributed by atoms with Crippen molar-refractivity contribution in [3.63, 3.8) is 0 Å². The van der Waals surface area contributed by atoms with E-state index in [-0.39, 0.29) is 11.9 Å². The van der Waals surface area contributed by atoms with Crippen LogP contribution in [0.25, 0.3) is 11.0 Å². The summed E-state index contributed by atoms with van der Waals surface area (Å²) in [4.78, 5) is 8.43. The lowest BCUT2D eigenvalue weighted by atomic mass is 10.2. The minimum absolute atomic E-state index is 0.0197. The number of pyridine rings is 1. The summed E-state index contributed by atoms with van der Waals surface area (Å²) in [6.45, 7) is 1.62. The summed E-state index contributed by atoms with van der Waals surface area (Å²) in [5, 5.41) is 11.5. The quantitative estimate of drug-likeness (QED) is 0.352. The van der Waals surface area contributed by atoms with E-state index >= 15 is 0 Å². The van der Waals surface area contributed by atoms with E-state index in [1.807, 2.05) is 4.57 Å². The Morgan fingerprint density at radius 2 is 2.44 bits per heavy atom. The van der Waals surface area contributed by atoms with E-state index in [9.17, 15) is 0 Å². The van der Waals surface area contributed by atoms with Gasteiger partial charge in [-0.2, -0.15) is 0 Å². The number of rotatable bonds is 3. The van der Waals surface area contributed by atoms with Gasteiger partial charge < -0.3 is 20.2 Å². The minimum atomic E-state index is -0.0197. The van der Waals surface area contributed by atoms with E-state index in [1.165, 1.54) is 0 Å². The van der Waals surface area contributed by atoms with Crippen LogP contribution in [-0.2, 0) is 11.3 Å². The van der Waals surface area contributed by atoms with Gasteiger partial charge in [0.2, 0.25) is 0 Å². The lowest BCUT2D eigenvalue weighted by molar-refractivity contribution is -0.0586. The second kappa shape index (κ2) is 4.26. The molecule has 1 unspecified atom stereocenters. The summed E-state index contributed by atoms with van der Waals surface area (Å²) in [5.41, 5.74) is 7.58. The summed E-state index contributed by atoms with van der Waals surface area (Å²) >= 11 is 0. The van der Waals surface area contributed by atoms with Crippen LogP contribution >= 0.6 is 0 Å². The van der Waals surface area contributed by atoms with Gasteiger partial charge in [0.15, 0.2) is 5.84 Å². The van der Waals surface area contributed by atoms with Crippen LogP contribution < -0.4 is 5.73 Å². The van der Waals surface area contributed by atoms with Crippen LogP contribution in [0.2, 0.25) is 0 Å². The highest BCUT2D eigenvalue weighted by Gasteiger charge is 2.19. The van der Waals surface area contributed by atoms with Crippen molar-refractivity contribution in [1.29, 1.82) is 0 Å². The fraction of sp³-hybridized carbons (Fsp3) is 0.364. The molecule has 1 atom stereocenters. The van der Waals surface area contributed by atoms with E-state index in [2.05, 4.69) is 15.1 Å². The summed E-state index contributed by atoms with van der Waals surface area (Å²) in [7, 11) is 0. The van der Waals surface area contributed by atoms with Crippen LogP contribution in [0.1, 0.15) is 12.1 Å². The molecule has 2 aromatic heterocycles. The van der Waals surface area contributed by atoms with Crippen LogP contribution in [0, 0.1) is 0 Å². The predicted octanol–water partition coefficient (Wildman–Crippen LogP) is 0.315. The molecule has 1 fully saturated rings. The number of nitrogens with two attached hydrogens (primary N) is 1. The molecule has 0 bridgehead atoms. The highest BCUT2D eigenvalue weighted by Crippen LogP contribution is 2.18. The van der Waals surface area contributed by atoms with Crippen LogP contribution in [0.15, 0.2) is 23.7 Å². The van der Waals surface area contributed by atoms with E-state index in [0.717, 1.165) is 30.6 Å². The van der Waals surface area contributed by atoms with Gasteiger partial charge in [-0.1, -0.05) is 5.16 Å². The van der Waals surface area contributed by atoms with Gasteiger partial charge in [-0.15, -0.1) is 0 Å². The molecule has 7 heteroatoms. The lowest BCUT2D eigenvalue weighted by Gasteiger charge is -2.26. The van der Waals surface area contributed by atoms with Gasteiger partial charge in [-0.25, -0.2) is 4.98 Å². The molecule has 94 valence electrons. The average molecular weight is 247 g/mol. The van der Waals surface area contributed by atoms with Crippen molar-refractivity contribution < 1.29 is 9.94 Å². The molecular weight excluding hydrogens is 234 g/mol. The highest BCUT2D eigenvalue weighted by molar-refractivity contribution is 5.97. The molecule has 3 N–H and O–H groups in total. The lowest BCUT2D eigenvalue weighted by Crippen LogP contribution is -2.30. The third-order valence-corrected chi connectivity index (χ3v) is 3.07. The number of oxime groups is 1. The topological polar surface area (TPSA) is 98.6 Å². The Balaban J connectivity index is 1.94. The zero-order valence-electron chi connectivity index (χ0n) is 9.65. The molecule has 0 spiro atoms. The van der Waals surface area contributed by atoms with Crippen molar-refractivity contribution in [2.24, 2.45) is 10.9 Å². The monoisotopic (exact) mass is 247 g/mol. The zero-order chi connectivity index (χ0) is 12.5. The van der Waals surface area contributed by atoms with Crippen molar-refractivity contribution in [3.05, 3.63) is 24.3 Å². The number of amidine groups is 1. The number of hydrogen-bond acceptors (Lipinski definition) is 5. The third kappa shape index (κ3) is 1.78. The summed E-state index contributed by atoms with van der Waals surface area (Å²) in [6.07, 6.45) is 4.78. The maximum Gasteiger partial charge on any atom is 0.188 e. The van der Waals surface area contributed by atoms with E-state index < -0.39 is 0 Å². The van der Waals surface area contributed by atoms with Gasteiger partial charge in [0.05, 0.1) is 36.2 Å². The van der Waals surface area contributed by atoms with Crippen molar-refractivity contribution in [2.75, 3.05) is 6.61 Å². The standard InChI is InChI=1S/C11H13N5O2/c12-11(15-17)9-3-8-10(4-13-9)16(6-14-8)5-7-1-2-18-7/h3-4,6-7,17H,1-2,5H2,(H2,12,15). The minimum Gasteiger partial charge on any atom is -0.409 e. The number of fused-ring (bicyclic) bond motifs is 1. The van der Waals surface area contributed by atoms with Crippen molar-refractivity contribution in [1.82, 2.24) is 14.5 Å². The molecule has 1 aliphatic rings. The molecule has 18 heavy (non-hydrogen) atoms. The average Bonchev–Trinajstić information content (AvgIpc) is 2.75.